The number of ether oxygens (including phenoxy) is 1. The van der Waals surface area contributed by atoms with Gasteiger partial charge in [-0.1, -0.05) is 11.3 Å². The van der Waals surface area contributed by atoms with E-state index in [0.717, 1.165) is 49.7 Å². The van der Waals surface area contributed by atoms with E-state index in [0.29, 0.717) is 11.5 Å². The number of anilines is 1. The molecule has 1 aromatic rings. The first-order valence-electron chi connectivity index (χ1n) is 6.12. The highest BCUT2D eigenvalue weighted by molar-refractivity contribution is 7.17. The molecule has 100 valence electrons. The van der Waals surface area contributed by atoms with E-state index >= 15 is 0 Å². The molecule has 2 heterocycles. The van der Waals surface area contributed by atoms with Crippen LogP contribution in [0.3, 0.4) is 0 Å². The molecule has 0 atom stereocenters. The van der Waals surface area contributed by atoms with Gasteiger partial charge < -0.3 is 14.5 Å². The van der Waals surface area contributed by atoms with Crippen LogP contribution in [0.1, 0.15) is 21.8 Å². The highest BCUT2D eigenvalue weighted by atomic mass is 32.1. The molecule has 6 heteroatoms. The fraction of sp³-hybridized carbons (Fsp3) is 0.667. The van der Waals surface area contributed by atoms with Crippen LogP contribution in [-0.2, 0) is 11.3 Å². The summed E-state index contributed by atoms with van der Waals surface area (Å²) >= 11 is 1.46. The van der Waals surface area contributed by atoms with Crippen LogP contribution >= 0.6 is 11.3 Å². The zero-order valence-corrected chi connectivity index (χ0v) is 11.7. The summed E-state index contributed by atoms with van der Waals surface area (Å²) in [6.07, 6.45) is 2.01. The first kappa shape index (κ1) is 13.5. The summed E-state index contributed by atoms with van der Waals surface area (Å²) < 4.78 is 5.07. The topological polar surface area (TPSA) is 45.7 Å². The van der Waals surface area contributed by atoms with Gasteiger partial charge >= 0.3 is 0 Å². The van der Waals surface area contributed by atoms with Crippen LogP contribution in [-0.4, -0.2) is 56.5 Å². The minimum absolute atomic E-state index is 0.401. The fourth-order valence-corrected chi connectivity index (χ4v) is 2.99. The molecule has 0 saturated carbocycles. The van der Waals surface area contributed by atoms with E-state index in [9.17, 15) is 4.79 Å². The summed E-state index contributed by atoms with van der Waals surface area (Å²) in [5, 5.41) is 0.944. The predicted octanol–water partition coefficient (Wildman–Crippen LogP) is 1.24. The fourth-order valence-electron chi connectivity index (χ4n) is 2.06. The van der Waals surface area contributed by atoms with Crippen molar-refractivity contribution in [3.8, 4) is 0 Å². The molecule has 0 spiro atoms. The highest BCUT2D eigenvalue weighted by Crippen LogP contribution is 2.26. The molecule has 0 bridgehead atoms. The average molecular weight is 269 g/mol. The first-order valence-corrected chi connectivity index (χ1v) is 6.93. The summed E-state index contributed by atoms with van der Waals surface area (Å²) in [6, 6.07) is 0. The Hall–Kier alpha value is -0.980. The van der Waals surface area contributed by atoms with E-state index in [1.807, 2.05) is 0 Å². The molecule has 0 N–H and O–H groups in total. The third kappa shape index (κ3) is 3.07. The number of rotatable bonds is 4. The van der Waals surface area contributed by atoms with Gasteiger partial charge in [0.05, 0.1) is 17.2 Å². The molecule has 1 saturated heterocycles. The van der Waals surface area contributed by atoms with E-state index in [1.165, 1.54) is 11.3 Å². The minimum Gasteiger partial charge on any atom is -0.378 e. The lowest BCUT2D eigenvalue weighted by Gasteiger charge is -2.19. The predicted molar refractivity (Wildman–Crippen MR) is 72.5 cm³/mol. The quantitative estimate of drug-likeness (QED) is 0.770. The van der Waals surface area contributed by atoms with Crippen molar-refractivity contribution in [2.24, 2.45) is 0 Å². The van der Waals surface area contributed by atoms with Crippen molar-refractivity contribution < 1.29 is 9.53 Å². The molecule has 0 aromatic carbocycles. The maximum absolute atomic E-state index is 11.0. The average Bonchev–Trinajstić information content (AvgIpc) is 2.64. The number of nitrogens with zero attached hydrogens (tertiary/aromatic N) is 3. The van der Waals surface area contributed by atoms with Gasteiger partial charge in [0.1, 0.15) is 0 Å². The van der Waals surface area contributed by atoms with Gasteiger partial charge in [0.2, 0.25) is 0 Å². The Bertz CT molecular complexity index is 408. The van der Waals surface area contributed by atoms with Crippen molar-refractivity contribution >= 4 is 22.8 Å². The number of methoxy groups -OCH3 is 1. The maximum Gasteiger partial charge on any atom is 0.186 e. The number of hydrogen-bond acceptors (Lipinski definition) is 6. The lowest BCUT2D eigenvalue weighted by Crippen LogP contribution is -2.28. The second-order valence-corrected chi connectivity index (χ2v) is 5.51. The Labute approximate surface area is 111 Å². The molecular formula is C12H19N3O2S. The largest absolute Gasteiger partial charge is 0.378 e. The van der Waals surface area contributed by atoms with Gasteiger partial charge in [-0.25, -0.2) is 4.98 Å². The van der Waals surface area contributed by atoms with E-state index in [-0.39, 0.29) is 0 Å². The van der Waals surface area contributed by atoms with Gasteiger partial charge in [-0.3, -0.25) is 4.79 Å². The monoisotopic (exact) mass is 269 g/mol. The van der Waals surface area contributed by atoms with Crippen molar-refractivity contribution in [2.45, 2.75) is 13.0 Å². The molecule has 0 amide bonds. The molecule has 1 aromatic heterocycles. The van der Waals surface area contributed by atoms with Gasteiger partial charge in [0, 0.05) is 26.7 Å². The van der Waals surface area contributed by atoms with Gasteiger partial charge in [-0.2, -0.15) is 0 Å². The van der Waals surface area contributed by atoms with Crippen LogP contribution in [0.2, 0.25) is 0 Å². The summed E-state index contributed by atoms with van der Waals surface area (Å²) in [7, 11) is 3.76. The zero-order valence-electron chi connectivity index (χ0n) is 10.9. The SMILES string of the molecule is COCc1nc(N2CCCN(C)CC2)sc1C=O. The number of hydrogen-bond donors (Lipinski definition) is 0. The number of aldehydes is 1. The van der Waals surface area contributed by atoms with E-state index in [1.54, 1.807) is 7.11 Å². The van der Waals surface area contributed by atoms with Crippen molar-refractivity contribution in [1.29, 1.82) is 0 Å². The Morgan fingerprint density at radius 2 is 2.22 bits per heavy atom. The van der Waals surface area contributed by atoms with Crippen LogP contribution in [0.25, 0.3) is 0 Å². The molecular weight excluding hydrogens is 250 g/mol. The van der Waals surface area contributed by atoms with Crippen LogP contribution < -0.4 is 4.90 Å². The Kier molecular flexibility index (Phi) is 4.68. The number of carbonyl (C=O) groups excluding carboxylic acids is 1. The standard InChI is InChI=1S/C12H19N3O2S/c1-14-4-3-5-15(7-6-14)12-13-10(9-17-2)11(8-16)18-12/h8H,3-7,9H2,1-2H3. The van der Waals surface area contributed by atoms with Gasteiger partial charge in [0.25, 0.3) is 0 Å². The zero-order chi connectivity index (χ0) is 13.0. The van der Waals surface area contributed by atoms with E-state index in [2.05, 4.69) is 21.8 Å². The van der Waals surface area contributed by atoms with Crippen LogP contribution in [0, 0.1) is 0 Å². The number of carbonyl (C=O) groups is 1. The third-order valence-electron chi connectivity index (χ3n) is 3.09. The van der Waals surface area contributed by atoms with E-state index in [4.69, 9.17) is 4.74 Å². The van der Waals surface area contributed by atoms with Gasteiger partial charge in [-0.05, 0) is 20.0 Å². The second-order valence-electron chi connectivity index (χ2n) is 4.50. The molecule has 1 aliphatic heterocycles. The maximum atomic E-state index is 11.0. The normalized spacial score (nSPS) is 17.8. The smallest absolute Gasteiger partial charge is 0.186 e. The van der Waals surface area contributed by atoms with Gasteiger partial charge in [-0.15, -0.1) is 0 Å². The lowest BCUT2D eigenvalue weighted by molar-refractivity contribution is 0.112. The van der Waals surface area contributed by atoms with Crippen molar-refractivity contribution in [3.05, 3.63) is 10.6 Å². The summed E-state index contributed by atoms with van der Waals surface area (Å²) in [6.45, 7) is 4.53. The first-order chi connectivity index (χ1) is 8.74. The van der Waals surface area contributed by atoms with Crippen LogP contribution in [0.15, 0.2) is 0 Å². The van der Waals surface area contributed by atoms with Crippen LogP contribution in [0.5, 0.6) is 0 Å². The second kappa shape index (κ2) is 6.26. The molecule has 5 nitrogen and oxygen atoms in total. The number of likely N-dealkylation sites (N-methyl/N-ethyl adjacent to an activating group) is 1. The summed E-state index contributed by atoms with van der Waals surface area (Å²) in [5.41, 5.74) is 0.755. The van der Waals surface area contributed by atoms with Crippen molar-refractivity contribution in [3.63, 3.8) is 0 Å². The number of aromatic nitrogens is 1. The molecule has 0 radical (unpaired) electrons. The Balaban J connectivity index is 2.14. The third-order valence-corrected chi connectivity index (χ3v) is 4.18. The highest BCUT2D eigenvalue weighted by Gasteiger charge is 2.18. The van der Waals surface area contributed by atoms with Crippen molar-refractivity contribution in [2.75, 3.05) is 45.2 Å². The van der Waals surface area contributed by atoms with E-state index < -0.39 is 0 Å². The molecule has 1 aliphatic rings. The molecule has 0 unspecified atom stereocenters. The van der Waals surface area contributed by atoms with Gasteiger partial charge in [0.15, 0.2) is 11.4 Å². The lowest BCUT2D eigenvalue weighted by atomic mass is 10.4. The summed E-state index contributed by atoms with van der Waals surface area (Å²) in [5.74, 6) is 0. The molecule has 2 rings (SSSR count). The summed E-state index contributed by atoms with van der Waals surface area (Å²) in [4.78, 5) is 20.8. The Morgan fingerprint density at radius 1 is 1.39 bits per heavy atom. The molecule has 0 aliphatic carbocycles. The minimum atomic E-state index is 0.401. The molecule has 1 fully saturated rings. The Morgan fingerprint density at radius 3 is 2.94 bits per heavy atom. The number of thiazole rings is 1. The molecule has 18 heavy (non-hydrogen) atoms. The van der Waals surface area contributed by atoms with Crippen molar-refractivity contribution in [1.82, 2.24) is 9.88 Å². The van der Waals surface area contributed by atoms with Crippen LogP contribution in [0.4, 0.5) is 5.13 Å².